The van der Waals surface area contributed by atoms with Crippen molar-refractivity contribution in [3.05, 3.63) is 51.0 Å². The lowest BCUT2D eigenvalue weighted by Gasteiger charge is -2.30. The number of benzene rings is 1. The first-order chi connectivity index (χ1) is 10.4. The molecular formula is C16H15Cl2FN2O. The van der Waals surface area contributed by atoms with E-state index in [1.54, 1.807) is 7.05 Å². The van der Waals surface area contributed by atoms with Crippen LogP contribution in [0.15, 0.2) is 18.2 Å². The van der Waals surface area contributed by atoms with Gasteiger partial charge in [0.25, 0.3) is 5.91 Å². The molecule has 1 aromatic carbocycles. The largest absolute Gasteiger partial charge is 0.329 e. The van der Waals surface area contributed by atoms with Crippen LogP contribution in [0, 0.1) is 12.7 Å². The summed E-state index contributed by atoms with van der Waals surface area (Å²) in [5, 5.41) is 0.612. The molecule has 0 spiro atoms. The number of aryl methyl sites for hydroxylation is 2. The second kappa shape index (κ2) is 5.60. The molecule has 3 rings (SSSR count). The third kappa shape index (κ3) is 2.40. The summed E-state index contributed by atoms with van der Waals surface area (Å²) >= 11 is 12.0. The third-order valence-corrected chi connectivity index (χ3v) is 4.81. The van der Waals surface area contributed by atoms with Crippen LogP contribution in [0.5, 0.6) is 0 Å². The normalized spacial score (nSPS) is 14.1. The van der Waals surface area contributed by atoms with Gasteiger partial charge in [-0.25, -0.2) is 4.39 Å². The molecule has 22 heavy (non-hydrogen) atoms. The Hall–Kier alpha value is -1.52. The molecule has 0 unspecified atom stereocenters. The molecule has 0 bridgehead atoms. The summed E-state index contributed by atoms with van der Waals surface area (Å²) in [5.41, 5.74) is 2.44. The minimum atomic E-state index is -0.366. The standard InChI is InChI=1S/C16H15Cl2FN2O/c1-9-6-10-4-3-5-21(14(10)12(19)7-9)16(22)13-8-11(17)15(18)20(13)2/h6-8H,3-5H2,1-2H3. The number of halogens is 3. The van der Waals surface area contributed by atoms with Gasteiger partial charge in [-0.1, -0.05) is 29.3 Å². The zero-order chi connectivity index (χ0) is 16.0. The topological polar surface area (TPSA) is 25.2 Å². The van der Waals surface area contributed by atoms with E-state index >= 15 is 0 Å². The van der Waals surface area contributed by atoms with Crippen LogP contribution in [0.1, 0.15) is 28.0 Å². The third-order valence-electron chi connectivity index (χ3n) is 3.97. The summed E-state index contributed by atoms with van der Waals surface area (Å²) in [6.45, 7) is 2.33. The van der Waals surface area contributed by atoms with Gasteiger partial charge >= 0.3 is 0 Å². The number of amides is 1. The molecule has 0 saturated heterocycles. The fourth-order valence-electron chi connectivity index (χ4n) is 2.93. The molecule has 116 valence electrons. The number of nitrogens with zero attached hydrogens (tertiary/aromatic N) is 2. The van der Waals surface area contributed by atoms with E-state index in [2.05, 4.69) is 0 Å². The molecule has 1 amide bonds. The molecule has 2 aromatic rings. The van der Waals surface area contributed by atoms with Gasteiger partial charge in [-0.3, -0.25) is 4.79 Å². The van der Waals surface area contributed by atoms with Gasteiger partial charge in [0.2, 0.25) is 0 Å². The highest BCUT2D eigenvalue weighted by Gasteiger charge is 2.29. The SMILES string of the molecule is Cc1cc(F)c2c(c1)CCCN2C(=O)c1cc(Cl)c(Cl)n1C. The van der Waals surface area contributed by atoms with E-state index < -0.39 is 0 Å². The predicted octanol–water partition coefficient (Wildman–Crippen LogP) is 4.37. The average molecular weight is 341 g/mol. The number of anilines is 1. The average Bonchev–Trinajstić information content (AvgIpc) is 2.73. The molecule has 1 aliphatic heterocycles. The number of hydrogen-bond donors (Lipinski definition) is 0. The molecule has 1 aliphatic rings. The fourth-order valence-corrected chi connectivity index (χ4v) is 3.30. The van der Waals surface area contributed by atoms with Crippen molar-refractivity contribution in [1.29, 1.82) is 0 Å². The van der Waals surface area contributed by atoms with E-state index in [9.17, 15) is 9.18 Å². The first-order valence-corrected chi connectivity index (χ1v) is 7.77. The molecule has 0 fully saturated rings. The van der Waals surface area contributed by atoms with E-state index in [0.29, 0.717) is 28.1 Å². The molecular weight excluding hydrogens is 326 g/mol. The van der Waals surface area contributed by atoms with Crippen LogP contribution in [0.3, 0.4) is 0 Å². The minimum absolute atomic E-state index is 0.292. The van der Waals surface area contributed by atoms with E-state index in [4.69, 9.17) is 23.2 Å². The highest BCUT2D eigenvalue weighted by molar-refractivity contribution is 6.42. The van der Waals surface area contributed by atoms with Crippen molar-refractivity contribution < 1.29 is 9.18 Å². The Labute approximate surface area is 138 Å². The van der Waals surface area contributed by atoms with Gasteiger partial charge in [0, 0.05) is 13.6 Å². The predicted molar refractivity (Wildman–Crippen MR) is 86.6 cm³/mol. The molecule has 0 N–H and O–H groups in total. The molecule has 6 heteroatoms. The number of aromatic nitrogens is 1. The maximum absolute atomic E-state index is 14.4. The van der Waals surface area contributed by atoms with Gasteiger partial charge in [0.15, 0.2) is 0 Å². The monoisotopic (exact) mass is 340 g/mol. The van der Waals surface area contributed by atoms with Crippen molar-refractivity contribution >= 4 is 34.8 Å². The Morgan fingerprint density at radius 2 is 2.00 bits per heavy atom. The lowest BCUT2D eigenvalue weighted by Crippen LogP contribution is -2.37. The zero-order valence-corrected chi connectivity index (χ0v) is 13.8. The summed E-state index contributed by atoms with van der Waals surface area (Å²) in [5.74, 6) is -0.658. The first-order valence-electron chi connectivity index (χ1n) is 7.01. The number of hydrogen-bond acceptors (Lipinski definition) is 1. The number of carbonyl (C=O) groups is 1. The Balaban J connectivity index is 2.08. The highest BCUT2D eigenvalue weighted by atomic mass is 35.5. The molecule has 0 radical (unpaired) electrons. The zero-order valence-electron chi connectivity index (χ0n) is 12.3. The number of rotatable bonds is 1. The fraction of sp³-hybridized carbons (Fsp3) is 0.312. The van der Waals surface area contributed by atoms with Crippen LogP contribution >= 0.6 is 23.2 Å². The maximum atomic E-state index is 14.4. The van der Waals surface area contributed by atoms with Crippen LogP contribution in [0.2, 0.25) is 10.2 Å². The van der Waals surface area contributed by atoms with Crippen molar-refractivity contribution in [3.8, 4) is 0 Å². The maximum Gasteiger partial charge on any atom is 0.275 e. The van der Waals surface area contributed by atoms with Crippen molar-refractivity contribution in [3.63, 3.8) is 0 Å². The Bertz CT molecular complexity index is 770. The summed E-state index contributed by atoms with van der Waals surface area (Å²) in [7, 11) is 1.66. The van der Waals surface area contributed by atoms with Crippen molar-refractivity contribution in [2.75, 3.05) is 11.4 Å². The van der Waals surface area contributed by atoms with Crippen molar-refractivity contribution in [2.45, 2.75) is 19.8 Å². The highest BCUT2D eigenvalue weighted by Crippen LogP contribution is 2.33. The number of fused-ring (bicyclic) bond motifs is 1. The Morgan fingerprint density at radius 1 is 1.27 bits per heavy atom. The van der Waals surface area contributed by atoms with Gasteiger partial charge in [0.1, 0.15) is 16.7 Å². The second-order valence-corrected chi connectivity index (χ2v) is 6.31. The Morgan fingerprint density at radius 3 is 2.64 bits per heavy atom. The molecule has 0 saturated carbocycles. The van der Waals surface area contributed by atoms with Gasteiger partial charge in [0.05, 0.1) is 10.7 Å². The van der Waals surface area contributed by atoms with E-state index in [-0.39, 0.29) is 11.7 Å². The molecule has 1 aromatic heterocycles. The first kappa shape index (κ1) is 15.4. The summed E-state index contributed by atoms with van der Waals surface area (Å²) in [6.07, 6.45) is 1.57. The van der Waals surface area contributed by atoms with Gasteiger partial charge in [-0.15, -0.1) is 0 Å². The van der Waals surface area contributed by atoms with Crippen LogP contribution in [-0.2, 0) is 13.5 Å². The summed E-state index contributed by atoms with van der Waals surface area (Å²) < 4.78 is 15.9. The molecule has 0 atom stereocenters. The Kier molecular flexibility index (Phi) is 3.91. The van der Waals surface area contributed by atoms with Gasteiger partial charge < -0.3 is 9.47 Å². The number of carbonyl (C=O) groups excluding carboxylic acids is 1. The lowest BCUT2D eigenvalue weighted by molar-refractivity contribution is 0.0976. The van der Waals surface area contributed by atoms with Crippen molar-refractivity contribution in [1.82, 2.24) is 4.57 Å². The molecule has 3 nitrogen and oxygen atoms in total. The lowest BCUT2D eigenvalue weighted by atomic mass is 9.98. The van der Waals surface area contributed by atoms with Crippen LogP contribution in [0.4, 0.5) is 10.1 Å². The van der Waals surface area contributed by atoms with Crippen LogP contribution in [-0.4, -0.2) is 17.0 Å². The van der Waals surface area contributed by atoms with Crippen LogP contribution in [0.25, 0.3) is 0 Å². The van der Waals surface area contributed by atoms with Crippen molar-refractivity contribution in [2.24, 2.45) is 7.05 Å². The second-order valence-electron chi connectivity index (χ2n) is 5.54. The van der Waals surface area contributed by atoms with E-state index in [1.807, 2.05) is 13.0 Å². The van der Waals surface area contributed by atoms with E-state index in [0.717, 1.165) is 24.0 Å². The molecule has 2 heterocycles. The van der Waals surface area contributed by atoms with Gasteiger partial charge in [-0.2, -0.15) is 0 Å². The van der Waals surface area contributed by atoms with E-state index in [1.165, 1.54) is 21.6 Å². The van der Waals surface area contributed by atoms with Crippen LogP contribution < -0.4 is 4.90 Å². The summed E-state index contributed by atoms with van der Waals surface area (Å²) in [4.78, 5) is 14.3. The molecule has 0 aliphatic carbocycles. The quantitative estimate of drug-likeness (QED) is 0.756. The van der Waals surface area contributed by atoms with Gasteiger partial charge in [-0.05, 0) is 43.0 Å². The minimum Gasteiger partial charge on any atom is -0.329 e. The smallest absolute Gasteiger partial charge is 0.275 e. The summed E-state index contributed by atoms with van der Waals surface area (Å²) in [6, 6.07) is 4.91.